The SMILES string of the molecule is Fc1[c]c(F)c2c(F)cc3c[c]ccc3c2c1. The standard InChI is InChI=1S/C14H5F3/c15-9-6-11-10-4-2-1-3-8(10)5-12(16)14(11)13(17)7-9/h2-6H. The summed E-state index contributed by atoms with van der Waals surface area (Å²) < 4.78 is 40.3. The summed E-state index contributed by atoms with van der Waals surface area (Å²) in [5.74, 6) is -2.57. The van der Waals surface area contributed by atoms with E-state index in [-0.39, 0.29) is 10.8 Å². The number of rotatable bonds is 0. The van der Waals surface area contributed by atoms with Crippen LogP contribution in [0.15, 0.2) is 30.3 Å². The van der Waals surface area contributed by atoms with Crippen molar-refractivity contribution in [3.05, 3.63) is 59.9 Å². The van der Waals surface area contributed by atoms with Crippen LogP contribution in [0.5, 0.6) is 0 Å². The van der Waals surface area contributed by atoms with Gasteiger partial charge in [-0.05, 0) is 40.4 Å². The molecule has 0 fully saturated rings. The Balaban J connectivity index is 2.64. The van der Waals surface area contributed by atoms with Crippen molar-refractivity contribution in [1.29, 1.82) is 0 Å². The Bertz CT molecular complexity index is 732. The van der Waals surface area contributed by atoms with E-state index in [1.165, 1.54) is 6.07 Å². The fourth-order valence-corrected chi connectivity index (χ4v) is 1.98. The molecule has 3 heteroatoms. The van der Waals surface area contributed by atoms with Gasteiger partial charge in [-0.3, -0.25) is 0 Å². The maximum absolute atomic E-state index is 13.7. The van der Waals surface area contributed by atoms with Crippen molar-refractivity contribution in [2.75, 3.05) is 0 Å². The van der Waals surface area contributed by atoms with Gasteiger partial charge in [-0.2, -0.15) is 0 Å². The minimum absolute atomic E-state index is 0.211. The third-order valence-electron chi connectivity index (χ3n) is 2.70. The molecular formula is C14H5F3. The van der Waals surface area contributed by atoms with Crippen LogP contribution in [0.2, 0.25) is 0 Å². The summed E-state index contributed by atoms with van der Waals surface area (Å²) in [7, 11) is 0. The number of fused-ring (bicyclic) bond motifs is 3. The average molecular weight is 230 g/mol. The van der Waals surface area contributed by atoms with E-state index in [1.807, 2.05) is 6.07 Å². The maximum atomic E-state index is 13.7. The third-order valence-corrected chi connectivity index (χ3v) is 2.70. The Labute approximate surface area is 95.3 Å². The first-order valence-electron chi connectivity index (χ1n) is 4.96. The van der Waals surface area contributed by atoms with Gasteiger partial charge in [0.1, 0.15) is 17.5 Å². The molecule has 3 rings (SSSR count). The van der Waals surface area contributed by atoms with Crippen molar-refractivity contribution >= 4 is 21.5 Å². The molecule has 0 saturated heterocycles. The Morgan fingerprint density at radius 3 is 2.65 bits per heavy atom. The monoisotopic (exact) mass is 230 g/mol. The van der Waals surface area contributed by atoms with Crippen LogP contribution in [0, 0.1) is 29.6 Å². The Morgan fingerprint density at radius 2 is 1.82 bits per heavy atom. The summed E-state index contributed by atoms with van der Waals surface area (Å²) in [6.07, 6.45) is 0. The van der Waals surface area contributed by atoms with Crippen LogP contribution in [-0.2, 0) is 0 Å². The van der Waals surface area contributed by atoms with Gasteiger partial charge in [0.2, 0.25) is 0 Å². The van der Waals surface area contributed by atoms with Crippen molar-refractivity contribution in [3.63, 3.8) is 0 Å². The predicted octanol–water partition coefficient (Wildman–Crippen LogP) is 4.01. The molecule has 0 saturated carbocycles. The van der Waals surface area contributed by atoms with E-state index in [0.717, 1.165) is 6.07 Å². The highest BCUT2D eigenvalue weighted by Gasteiger charge is 2.12. The molecule has 2 radical (unpaired) electrons. The number of hydrogen-bond donors (Lipinski definition) is 0. The molecule has 0 amide bonds. The highest BCUT2D eigenvalue weighted by Crippen LogP contribution is 2.30. The lowest BCUT2D eigenvalue weighted by atomic mass is 10.0. The number of hydrogen-bond acceptors (Lipinski definition) is 0. The van der Waals surface area contributed by atoms with Crippen LogP contribution >= 0.6 is 0 Å². The summed E-state index contributed by atoms with van der Waals surface area (Å²) >= 11 is 0. The van der Waals surface area contributed by atoms with Gasteiger partial charge in [-0.1, -0.05) is 12.1 Å². The second kappa shape index (κ2) is 3.48. The molecule has 3 aromatic rings. The summed E-state index contributed by atoms with van der Waals surface area (Å²) in [5.41, 5.74) is 0. The molecule has 0 aromatic heterocycles. The van der Waals surface area contributed by atoms with Crippen molar-refractivity contribution in [1.82, 2.24) is 0 Å². The van der Waals surface area contributed by atoms with E-state index in [1.54, 1.807) is 18.2 Å². The van der Waals surface area contributed by atoms with Crippen LogP contribution in [0.1, 0.15) is 0 Å². The zero-order valence-electron chi connectivity index (χ0n) is 8.52. The van der Waals surface area contributed by atoms with E-state index >= 15 is 0 Å². The molecule has 0 aliphatic heterocycles. The smallest absolute Gasteiger partial charge is 0.144 e. The van der Waals surface area contributed by atoms with Gasteiger partial charge in [0.15, 0.2) is 0 Å². The molecule has 82 valence electrons. The van der Waals surface area contributed by atoms with E-state index in [0.29, 0.717) is 10.8 Å². The number of halogens is 3. The van der Waals surface area contributed by atoms with Crippen LogP contribution in [0.4, 0.5) is 13.2 Å². The van der Waals surface area contributed by atoms with Gasteiger partial charge in [-0.15, -0.1) is 0 Å². The van der Waals surface area contributed by atoms with Gasteiger partial charge in [0, 0.05) is 0 Å². The van der Waals surface area contributed by atoms with Crippen LogP contribution in [-0.4, -0.2) is 0 Å². The fourth-order valence-electron chi connectivity index (χ4n) is 1.98. The lowest BCUT2D eigenvalue weighted by molar-refractivity contribution is 0.579. The van der Waals surface area contributed by atoms with Crippen molar-refractivity contribution in [2.45, 2.75) is 0 Å². The Morgan fingerprint density at radius 1 is 1.00 bits per heavy atom. The normalized spacial score (nSPS) is 11.2. The average Bonchev–Trinajstić information content (AvgIpc) is 2.28. The van der Waals surface area contributed by atoms with E-state index in [2.05, 4.69) is 6.07 Å². The second-order valence-corrected chi connectivity index (χ2v) is 3.73. The molecule has 17 heavy (non-hydrogen) atoms. The minimum atomic E-state index is -1.01. The van der Waals surface area contributed by atoms with Gasteiger partial charge in [-0.25, -0.2) is 13.2 Å². The van der Waals surface area contributed by atoms with Crippen LogP contribution in [0.25, 0.3) is 21.5 Å². The molecule has 0 aliphatic rings. The largest absolute Gasteiger partial charge is 0.206 e. The number of benzene rings is 3. The fraction of sp³-hybridized carbons (Fsp3) is 0. The zero-order valence-corrected chi connectivity index (χ0v) is 8.52. The molecule has 3 aromatic carbocycles. The first-order chi connectivity index (χ1) is 8.16. The second-order valence-electron chi connectivity index (χ2n) is 3.73. The van der Waals surface area contributed by atoms with Crippen LogP contribution < -0.4 is 0 Å². The van der Waals surface area contributed by atoms with Crippen molar-refractivity contribution in [3.8, 4) is 0 Å². The molecule has 0 bridgehead atoms. The molecule has 0 nitrogen and oxygen atoms in total. The van der Waals surface area contributed by atoms with Crippen molar-refractivity contribution < 1.29 is 13.2 Å². The van der Waals surface area contributed by atoms with Gasteiger partial charge >= 0.3 is 0 Å². The minimum Gasteiger partial charge on any atom is -0.206 e. The van der Waals surface area contributed by atoms with E-state index in [4.69, 9.17) is 0 Å². The zero-order chi connectivity index (χ0) is 12.0. The van der Waals surface area contributed by atoms with Gasteiger partial charge in [0.05, 0.1) is 11.5 Å². The Kier molecular flexibility index (Phi) is 2.08. The summed E-state index contributed by atoms with van der Waals surface area (Å²) in [6.45, 7) is 0. The summed E-state index contributed by atoms with van der Waals surface area (Å²) in [6, 6.07) is 11.8. The maximum Gasteiger partial charge on any atom is 0.144 e. The first kappa shape index (κ1) is 10.1. The topological polar surface area (TPSA) is 0 Å². The molecule has 0 spiro atoms. The highest BCUT2D eigenvalue weighted by atomic mass is 19.1. The summed E-state index contributed by atoms with van der Waals surface area (Å²) in [4.78, 5) is 0. The highest BCUT2D eigenvalue weighted by molar-refractivity contribution is 6.07. The molecule has 0 aliphatic carbocycles. The van der Waals surface area contributed by atoms with Gasteiger partial charge < -0.3 is 0 Å². The van der Waals surface area contributed by atoms with E-state index in [9.17, 15) is 13.2 Å². The molecule has 0 atom stereocenters. The third kappa shape index (κ3) is 1.46. The van der Waals surface area contributed by atoms with Gasteiger partial charge in [0.25, 0.3) is 0 Å². The molecule has 0 unspecified atom stereocenters. The molecule has 0 N–H and O–H groups in total. The van der Waals surface area contributed by atoms with Crippen LogP contribution in [0.3, 0.4) is 0 Å². The lowest BCUT2D eigenvalue weighted by Crippen LogP contribution is -1.90. The summed E-state index contributed by atoms with van der Waals surface area (Å²) in [5, 5.41) is 1.13. The Hall–Kier alpha value is -2.03. The quantitative estimate of drug-likeness (QED) is 0.512. The molecule has 0 heterocycles. The lowest BCUT2D eigenvalue weighted by Gasteiger charge is -2.06. The predicted molar refractivity (Wildman–Crippen MR) is 59.0 cm³/mol. The first-order valence-corrected chi connectivity index (χ1v) is 4.96. The van der Waals surface area contributed by atoms with E-state index < -0.39 is 17.5 Å². The molecular weight excluding hydrogens is 225 g/mol. The van der Waals surface area contributed by atoms with Crippen molar-refractivity contribution in [2.24, 2.45) is 0 Å².